The minimum Gasteiger partial charge on any atom is -0.468 e. The maximum absolute atomic E-state index is 11.5. The predicted molar refractivity (Wildman–Crippen MR) is 82.9 cm³/mol. The van der Waals surface area contributed by atoms with Crippen molar-refractivity contribution < 1.29 is 13.2 Å². The van der Waals surface area contributed by atoms with E-state index >= 15 is 0 Å². The molecule has 3 rings (SSSR count). The van der Waals surface area contributed by atoms with Crippen LogP contribution < -0.4 is 14.9 Å². The molecule has 0 unspecified atom stereocenters. The fourth-order valence-corrected chi connectivity index (χ4v) is 2.95. The van der Waals surface area contributed by atoms with Crippen LogP contribution in [0.2, 0.25) is 0 Å². The van der Waals surface area contributed by atoms with Crippen molar-refractivity contribution in [2.45, 2.75) is 19.4 Å². The normalized spacial score (nSPS) is 15.3. The number of nitrogens with one attached hydrogen (secondary N) is 1. The van der Waals surface area contributed by atoms with Gasteiger partial charge in [0.15, 0.2) is 0 Å². The Morgan fingerprint density at radius 3 is 2.76 bits per heavy atom. The molecule has 0 aliphatic heterocycles. The van der Waals surface area contributed by atoms with Gasteiger partial charge in [-0.1, -0.05) is 5.46 Å². The lowest BCUT2D eigenvalue weighted by Crippen LogP contribution is -2.13. The molecule has 1 aromatic carbocycles. The van der Waals surface area contributed by atoms with Crippen LogP contribution in [-0.4, -0.2) is 39.2 Å². The molecule has 1 fully saturated rings. The van der Waals surface area contributed by atoms with Gasteiger partial charge >= 0.3 is 0 Å². The van der Waals surface area contributed by atoms with Crippen LogP contribution in [-0.2, 0) is 16.6 Å². The molecule has 2 radical (unpaired) electrons. The predicted octanol–water partition coefficient (Wildman–Crippen LogP) is 0.620. The van der Waals surface area contributed by atoms with E-state index in [1.165, 1.54) is 12.8 Å². The number of fused-ring (bicyclic) bond motifs is 1. The van der Waals surface area contributed by atoms with Gasteiger partial charge in [0.25, 0.3) is 6.01 Å². The number of aromatic nitrogens is 2. The molecule has 1 heterocycles. The summed E-state index contributed by atoms with van der Waals surface area (Å²) in [5.41, 5.74) is 2.19. The van der Waals surface area contributed by atoms with Crippen LogP contribution in [0.1, 0.15) is 12.8 Å². The molecule has 1 aliphatic carbocycles. The second kappa shape index (κ2) is 4.94. The molecule has 2 aromatic rings. The third kappa shape index (κ3) is 3.00. The summed E-state index contributed by atoms with van der Waals surface area (Å²) in [7, 11) is 4.04. The lowest BCUT2D eigenvalue weighted by molar-refractivity contribution is 0.356. The molecule has 0 atom stereocenters. The van der Waals surface area contributed by atoms with E-state index in [0.29, 0.717) is 28.6 Å². The second-order valence-corrected chi connectivity index (χ2v) is 7.21. The Morgan fingerprint density at radius 1 is 1.48 bits per heavy atom. The maximum Gasteiger partial charge on any atom is 0.297 e. The Kier molecular flexibility index (Phi) is 3.35. The van der Waals surface area contributed by atoms with Crippen LogP contribution in [0.15, 0.2) is 12.1 Å². The van der Waals surface area contributed by atoms with Crippen LogP contribution in [0, 0.1) is 5.92 Å². The van der Waals surface area contributed by atoms with Gasteiger partial charge in [-0.2, -0.15) is 4.98 Å². The number of imidazole rings is 1. The molecule has 0 bridgehead atoms. The summed E-state index contributed by atoms with van der Waals surface area (Å²) in [5.74, 6) is 0.629. The van der Waals surface area contributed by atoms with Gasteiger partial charge in [-0.15, -0.1) is 0 Å². The highest BCUT2D eigenvalue weighted by Crippen LogP contribution is 2.35. The van der Waals surface area contributed by atoms with Crippen molar-refractivity contribution >= 4 is 40.1 Å². The molecule has 1 aromatic heterocycles. The Morgan fingerprint density at radius 2 is 2.19 bits per heavy atom. The average Bonchev–Trinajstić information content (AvgIpc) is 3.10. The summed E-state index contributed by atoms with van der Waals surface area (Å²) in [6.45, 7) is 0.807. The molecule has 1 saturated carbocycles. The molecule has 1 aliphatic rings. The SMILES string of the molecule is [B]c1cc(NS(C)(=O)=O)c2nc(OC)n(CC3CC3)c2c1. The Hall–Kier alpha value is -1.70. The quantitative estimate of drug-likeness (QED) is 0.822. The highest BCUT2D eigenvalue weighted by Gasteiger charge is 2.25. The lowest BCUT2D eigenvalue weighted by Gasteiger charge is -2.09. The number of sulfonamides is 1. The van der Waals surface area contributed by atoms with Crippen LogP contribution in [0.3, 0.4) is 0 Å². The fourth-order valence-electron chi connectivity index (χ4n) is 2.39. The van der Waals surface area contributed by atoms with E-state index in [9.17, 15) is 8.42 Å². The van der Waals surface area contributed by atoms with E-state index in [0.717, 1.165) is 18.3 Å². The van der Waals surface area contributed by atoms with Gasteiger partial charge in [0.1, 0.15) is 13.4 Å². The summed E-state index contributed by atoms with van der Waals surface area (Å²) in [4.78, 5) is 4.40. The molecule has 0 amide bonds. The zero-order valence-electron chi connectivity index (χ0n) is 12.0. The zero-order chi connectivity index (χ0) is 15.2. The monoisotopic (exact) mass is 305 g/mol. The van der Waals surface area contributed by atoms with E-state index in [4.69, 9.17) is 12.6 Å². The van der Waals surface area contributed by atoms with Crippen molar-refractivity contribution in [2.24, 2.45) is 5.92 Å². The number of methoxy groups -OCH3 is 1. The Labute approximate surface area is 125 Å². The smallest absolute Gasteiger partial charge is 0.297 e. The van der Waals surface area contributed by atoms with Gasteiger partial charge in [0.2, 0.25) is 10.0 Å². The largest absolute Gasteiger partial charge is 0.468 e. The number of rotatable bonds is 5. The average molecular weight is 305 g/mol. The van der Waals surface area contributed by atoms with Crippen LogP contribution >= 0.6 is 0 Å². The maximum atomic E-state index is 11.5. The summed E-state index contributed by atoms with van der Waals surface area (Å²) in [6.07, 6.45) is 3.49. The van der Waals surface area contributed by atoms with Crippen LogP contribution in [0.25, 0.3) is 11.0 Å². The first-order chi connectivity index (χ1) is 9.87. The number of anilines is 1. The molecule has 0 saturated heterocycles. The molecule has 21 heavy (non-hydrogen) atoms. The Balaban J connectivity index is 2.18. The summed E-state index contributed by atoms with van der Waals surface area (Å²) >= 11 is 0. The second-order valence-electron chi connectivity index (χ2n) is 5.46. The van der Waals surface area contributed by atoms with Crippen molar-refractivity contribution in [1.29, 1.82) is 0 Å². The van der Waals surface area contributed by atoms with E-state index in [1.54, 1.807) is 19.2 Å². The third-order valence-corrected chi connectivity index (χ3v) is 4.05. The number of hydrogen-bond acceptors (Lipinski definition) is 4. The number of hydrogen-bond donors (Lipinski definition) is 1. The molecule has 0 spiro atoms. The third-order valence-electron chi connectivity index (χ3n) is 3.46. The van der Waals surface area contributed by atoms with Crippen molar-refractivity contribution in [3.8, 4) is 6.01 Å². The molecular weight excluding hydrogens is 289 g/mol. The Bertz CT molecular complexity index is 797. The highest BCUT2D eigenvalue weighted by atomic mass is 32.2. The number of nitrogens with zero attached hydrogens (tertiary/aromatic N) is 2. The fraction of sp³-hybridized carbons (Fsp3) is 0.462. The molecule has 110 valence electrons. The first-order valence-electron chi connectivity index (χ1n) is 6.69. The summed E-state index contributed by atoms with van der Waals surface area (Å²) < 4.78 is 32.7. The summed E-state index contributed by atoms with van der Waals surface area (Å²) in [5, 5.41) is 0. The number of ether oxygens (including phenoxy) is 1. The topological polar surface area (TPSA) is 73.2 Å². The van der Waals surface area contributed by atoms with Crippen molar-refractivity contribution in [3.05, 3.63) is 12.1 Å². The standard InChI is InChI=1S/C13H16BN3O3S/c1-20-13-15-12-10(16-21(2,18)19)5-9(14)6-11(12)17(13)7-8-3-4-8/h5-6,8,16H,3-4,7H2,1-2H3. The van der Waals surface area contributed by atoms with E-state index in [2.05, 4.69) is 9.71 Å². The van der Waals surface area contributed by atoms with Crippen LogP contribution in [0.5, 0.6) is 6.01 Å². The van der Waals surface area contributed by atoms with Gasteiger partial charge in [0.05, 0.1) is 24.6 Å². The van der Waals surface area contributed by atoms with Gasteiger partial charge in [-0.05, 0) is 30.9 Å². The van der Waals surface area contributed by atoms with Crippen molar-refractivity contribution in [3.63, 3.8) is 0 Å². The first-order valence-corrected chi connectivity index (χ1v) is 8.58. The first kappa shape index (κ1) is 14.3. The van der Waals surface area contributed by atoms with E-state index in [1.807, 2.05) is 4.57 Å². The lowest BCUT2D eigenvalue weighted by atomic mass is 9.95. The van der Waals surface area contributed by atoms with Crippen LogP contribution in [0.4, 0.5) is 5.69 Å². The minimum atomic E-state index is -3.40. The van der Waals surface area contributed by atoms with E-state index < -0.39 is 10.0 Å². The van der Waals surface area contributed by atoms with Crippen molar-refractivity contribution in [2.75, 3.05) is 18.1 Å². The van der Waals surface area contributed by atoms with Gasteiger partial charge in [0, 0.05) is 6.54 Å². The summed E-state index contributed by atoms with van der Waals surface area (Å²) in [6, 6.07) is 3.83. The van der Waals surface area contributed by atoms with Gasteiger partial charge < -0.3 is 4.74 Å². The van der Waals surface area contributed by atoms with Crippen molar-refractivity contribution in [1.82, 2.24) is 9.55 Å². The molecule has 8 heteroatoms. The molecule has 1 N–H and O–H groups in total. The minimum absolute atomic E-state index is 0.375. The number of benzene rings is 1. The van der Waals surface area contributed by atoms with Gasteiger partial charge in [-0.25, -0.2) is 8.42 Å². The van der Waals surface area contributed by atoms with Gasteiger partial charge in [-0.3, -0.25) is 9.29 Å². The molecular formula is C13H16BN3O3S. The van der Waals surface area contributed by atoms with E-state index in [-0.39, 0.29) is 0 Å². The zero-order valence-corrected chi connectivity index (χ0v) is 12.8. The highest BCUT2D eigenvalue weighted by molar-refractivity contribution is 7.92. The molecule has 6 nitrogen and oxygen atoms in total.